The van der Waals surface area contributed by atoms with Crippen molar-refractivity contribution in [2.24, 2.45) is 5.92 Å². The number of rotatable bonds is 6. The third kappa shape index (κ3) is 3.67. The summed E-state index contributed by atoms with van der Waals surface area (Å²) in [5.41, 5.74) is 0.885. The number of fused-ring (bicyclic) bond motifs is 1. The number of carbonyl (C=O) groups is 1. The number of hydrogen-bond donors (Lipinski definition) is 1. The molecular formula is C22H26N2OS. The van der Waals surface area contributed by atoms with E-state index < -0.39 is 0 Å². The lowest BCUT2D eigenvalue weighted by atomic mass is 9.94. The van der Waals surface area contributed by atoms with Gasteiger partial charge in [-0.25, -0.2) is 0 Å². The highest BCUT2D eigenvalue weighted by molar-refractivity contribution is 7.99. The molecule has 0 bridgehead atoms. The quantitative estimate of drug-likeness (QED) is 0.630. The number of aromatic nitrogens is 1. The molecule has 1 aliphatic heterocycles. The highest BCUT2D eigenvalue weighted by Gasteiger charge is 2.29. The van der Waals surface area contributed by atoms with Crippen molar-refractivity contribution < 1.29 is 4.79 Å². The smallest absolute Gasteiger partial charge is 0.182 e. The Kier molecular flexibility index (Phi) is 5.32. The van der Waals surface area contributed by atoms with Gasteiger partial charge in [-0.05, 0) is 63.1 Å². The number of likely N-dealkylation sites (N-methyl/N-ethyl adjacent to an activating group) is 1. The Morgan fingerprint density at radius 3 is 2.92 bits per heavy atom. The summed E-state index contributed by atoms with van der Waals surface area (Å²) in [7, 11) is 2.06. The van der Waals surface area contributed by atoms with E-state index in [1.165, 1.54) is 4.90 Å². The first-order valence-corrected chi connectivity index (χ1v) is 10.5. The van der Waals surface area contributed by atoms with Crippen LogP contribution in [0.25, 0.3) is 12.2 Å². The van der Waals surface area contributed by atoms with Gasteiger partial charge in [-0.2, -0.15) is 0 Å². The Morgan fingerprint density at radius 2 is 2.15 bits per heavy atom. The molecule has 1 fully saturated rings. The molecule has 4 heteroatoms. The number of ketones is 1. The van der Waals surface area contributed by atoms with Crippen molar-refractivity contribution >= 4 is 29.7 Å². The Hall–Kier alpha value is -1.78. The van der Waals surface area contributed by atoms with E-state index in [1.54, 1.807) is 0 Å². The van der Waals surface area contributed by atoms with Crippen LogP contribution in [-0.2, 0) is 0 Å². The zero-order chi connectivity index (χ0) is 17.9. The van der Waals surface area contributed by atoms with Crippen molar-refractivity contribution in [3.63, 3.8) is 0 Å². The maximum Gasteiger partial charge on any atom is 0.182 e. The first kappa shape index (κ1) is 17.6. The molecule has 2 heterocycles. The highest BCUT2D eigenvalue weighted by atomic mass is 32.2. The zero-order valence-electron chi connectivity index (χ0n) is 15.3. The first-order chi connectivity index (χ1) is 12.7. The minimum Gasteiger partial charge on any atom is -0.361 e. The van der Waals surface area contributed by atoms with Crippen LogP contribution in [-0.4, -0.2) is 41.1 Å². The fourth-order valence-corrected chi connectivity index (χ4v) is 5.05. The highest BCUT2D eigenvalue weighted by Crippen LogP contribution is 2.23. The van der Waals surface area contributed by atoms with E-state index in [9.17, 15) is 4.79 Å². The molecule has 4 rings (SSSR count). The normalized spacial score (nSPS) is 22.5. The van der Waals surface area contributed by atoms with Crippen LogP contribution >= 0.6 is 11.8 Å². The lowest BCUT2D eigenvalue weighted by Gasteiger charge is -2.18. The average molecular weight is 367 g/mol. The molecule has 1 aromatic carbocycles. The van der Waals surface area contributed by atoms with E-state index in [-0.39, 0.29) is 11.8 Å². The monoisotopic (exact) mass is 366 g/mol. The number of likely N-dealkylation sites (tertiary alicyclic amines) is 1. The van der Waals surface area contributed by atoms with Crippen LogP contribution in [0.5, 0.6) is 0 Å². The summed E-state index contributed by atoms with van der Waals surface area (Å²) in [4.78, 5) is 19.8. The van der Waals surface area contributed by atoms with Gasteiger partial charge in [-0.15, -0.1) is 11.8 Å². The van der Waals surface area contributed by atoms with Gasteiger partial charge >= 0.3 is 0 Å². The SMILES string of the molecule is CN1CCC[C@@H]1C(=O)c1c[nH]c2c1=CC(CCSc1ccccc1)CC=2. The van der Waals surface area contributed by atoms with E-state index in [1.807, 2.05) is 18.0 Å². The van der Waals surface area contributed by atoms with E-state index >= 15 is 0 Å². The number of aromatic amines is 1. The summed E-state index contributed by atoms with van der Waals surface area (Å²) >= 11 is 1.91. The lowest BCUT2D eigenvalue weighted by Crippen LogP contribution is -2.38. The summed E-state index contributed by atoms with van der Waals surface area (Å²) in [5.74, 6) is 1.90. The predicted octanol–water partition coefficient (Wildman–Crippen LogP) is 3.05. The molecule has 1 aromatic heterocycles. The Morgan fingerprint density at radius 1 is 1.31 bits per heavy atom. The van der Waals surface area contributed by atoms with Gasteiger partial charge in [0.25, 0.3) is 0 Å². The summed E-state index contributed by atoms with van der Waals surface area (Å²) in [6.45, 7) is 1.03. The third-order valence-corrected chi connectivity index (χ3v) is 6.61. The average Bonchev–Trinajstić information content (AvgIpc) is 3.28. The van der Waals surface area contributed by atoms with E-state index in [0.717, 1.165) is 54.1 Å². The Bertz CT molecular complexity index is 887. The molecule has 1 N–H and O–H groups in total. The second kappa shape index (κ2) is 7.85. The van der Waals surface area contributed by atoms with E-state index in [2.05, 4.69) is 59.4 Å². The number of nitrogens with one attached hydrogen (secondary N) is 1. The molecule has 0 saturated carbocycles. The molecule has 1 saturated heterocycles. The van der Waals surface area contributed by atoms with Crippen molar-refractivity contribution in [3.05, 3.63) is 52.7 Å². The van der Waals surface area contributed by atoms with Gasteiger partial charge in [0.05, 0.1) is 6.04 Å². The van der Waals surface area contributed by atoms with Gasteiger partial charge in [0.1, 0.15) is 0 Å². The molecule has 136 valence electrons. The summed E-state index contributed by atoms with van der Waals surface area (Å²) in [5, 5.41) is 2.26. The maximum absolute atomic E-state index is 13.0. The molecule has 2 aliphatic rings. The van der Waals surface area contributed by atoms with Crippen LogP contribution in [0.4, 0.5) is 0 Å². The number of benzene rings is 1. The maximum atomic E-state index is 13.0. The fraction of sp³-hybridized carbons (Fsp3) is 0.409. The standard InChI is InChI=1S/C22H26N2OS/c1-24-12-5-8-21(24)22(25)19-15-23-20-10-9-16(14-18(19)20)11-13-26-17-6-3-2-4-7-17/h2-4,6-7,10,14-16,21,23H,5,8-9,11-13H2,1H3/t16?,21-/m1/s1. The van der Waals surface area contributed by atoms with Gasteiger partial charge in [-0.1, -0.05) is 30.4 Å². The zero-order valence-corrected chi connectivity index (χ0v) is 16.1. The van der Waals surface area contributed by atoms with Gasteiger partial charge in [-0.3, -0.25) is 9.69 Å². The topological polar surface area (TPSA) is 36.1 Å². The van der Waals surface area contributed by atoms with Crippen LogP contribution in [0.2, 0.25) is 0 Å². The number of H-pyrrole nitrogens is 1. The van der Waals surface area contributed by atoms with E-state index in [0.29, 0.717) is 5.92 Å². The third-order valence-electron chi connectivity index (χ3n) is 5.57. The Labute approximate surface area is 159 Å². The molecule has 0 radical (unpaired) electrons. The van der Waals surface area contributed by atoms with Crippen LogP contribution in [0.1, 0.15) is 36.0 Å². The molecule has 2 atom stereocenters. The molecule has 0 spiro atoms. The lowest BCUT2D eigenvalue weighted by molar-refractivity contribution is 0.0889. The van der Waals surface area contributed by atoms with Gasteiger partial charge in [0, 0.05) is 27.2 Å². The predicted molar refractivity (Wildman–Crippen MR) is 109 cm³/mol. The van der Waals surface area contributed by atoms with Crippen LogP contribution < -0.4 is 10.6 Å². The molecule has 2 aromatic rings. The number of carbonyl (C=O) groups excluding carboxylic acids is 1. The van der Waals surface area contributed by atoms with Crippen LogP contribution in [0.3, 0.4) is 0 Å². The Balaban J connectivity index is 1.46. The first-order valence-electron chi connectivity index (χ1n) is 9.54. The largest absolute Gasteiger partial charge is 0.361 e. The molecular weight excluding hydrogens is 340 g/mol. The van der Waals surface area contributed by atoms with Crippen molar-refractivity contribution in [1.29, 1.82) is 0 Å². The van der Waals surface area contributed by atoms with Crippen LogP contribution in [0.15, 0.2) is 41.4 Å². The summed E-state index contributed by atoms with van der Waals surface area (Å²) in [6.07, 6.45) is 10.8. The minimum atomic E-state index is 0.0531. The van der Waals surface area contributed by atoms with Gasteiger partial charge < -0.3 is 4.98 Å². The fourth-order valence-electron chi connectivity index (χ4n) is 4.04. The van der Waals surface area contributed by atoms with Crippen molar-refractivity contribution in [3.8, 4) is 0 Å². The second-order valence-electron chi connectivity index (χ2n) is 7.35. The molecule has 26 heavy (non-hydrogen) atoms. The molecule has 1 aliphatic carbocycles. The minimum absolute atomic E-state index is 0.0531. The van der Waals surface area contributed by atoms with E-state index in [4.69, 9.17) is 0 Å². The van der Waals surface area contributed by atoms with Crippen molar-refractivity contribution in [2.45, 2.75) is 36.6 Å². The second-order valence-corrected chi connectivity index (χ2v) is 8.52. The van der Waals surface area contributed by atoms with Crippen molar-refractivity contribution in [1.82, 2.24) is 9.88 Å². The molecule has 0 amide bonds. The number of nitrogens with zero attached hydrogens (tertiary/aromatic N) is 1. The molecule has 1 unspecified atom stereocenters. The number of Topliss-reactive ketones (excluding diaryl/α,β-unsaturated/α-hetero) is 1. The van der Waals surface area contributed by atoms with Crippen molar-refractivity contribution in [2.75, 3.05) is 19.3 Å². The summed E-state index contributed by atoms with van der Waals surface area (Å²) < 4.78 is 0. The molecule has 3 nitrogen and oxygen atoms in total. The number of hydrogen-bond acceptors (Lipinski definition) is 3. The van der Waals surface area contributed by atoms with Gasteiger partial charge in [0.2, 0.25) is 0 Å². The number of thioether (sulfide) groups is 1. The summed E-state index contributed by atoms with van der Waals surface area (Å²) in [6, 6.07) is 10.6. The van der Waals surface area contributed by atoms with Gasteiger partial charge in [0.15, 0.2) is 5.78 Å². The van der Waals surface area contributed by atoms with Crippen LogP contribution in [0, 0.1) is 5.92 Å².